The maximum Gasteiger partial charge on any atom is 0.258 e. The van der Waals surface area contributed by atoms with Gasteiger partial charge in [-0.25, -0.2) is 4.98 Å². The summed E-state index contributed by atoms with van der Waals surface area (Å²) >= 11 is 1.64. The van der Waals surface area contributed by atoms with Gasteiger partial charge in [-0.1, -0.05) is 24.8 Å². The Morgan fingerprint density at radius 1 is 1.69 bits per heavy atom. The first-order chi connectivity index (χ1) is 6.31. The second kappa shape index (κ2) is 3.38. The molecule has 0 aromatic carbocycles. The molecule has 0 spiro atoms. The van der Waals surface area contributed by atoms with Crippen molar-refractivity contribution >= 4 is 18.0 Å². The molecule has 1 atom stereocenters. The highest BCUT2D eigenvalue weighted by atomic mass is 32.2. The fourth-order valence-electron chi connectivity index (χ4n) is 1.20. The molecule has 1 aromatic rings. The molecule has 1 unspecified atom stereocenters. The Kier molecular flexibility index (Phi) is 2.22. The van der Waals surface area contributed by atoms with E-state index in [1.54, 1.807) is 22.5 Å². The maximum atomic E-state index is 11.3. The summed E-state index contributed by atoms with van der Waals surface area (Å²) in [6.07, 6.45) is 6.48. The summed E-state index contributed by atoms with van der Waals surface area (Å²) in [6, 6.07) is 1.47. The Morgan fingerprint density at radius 2 is 2.54 bits per heavy atom. The topological polar surface area (TPSA) is 34.9 Å². The third kappa shape index (κ3) is 1.54. The van der Waals surface area contributed by atoms with E-state index in [-0.39, 0.29) is 5.56 Å². The number of aromatic nitrogens is 2. The molecule has 0 amide bonds. The van der Waals surface area contributed by atoms with Crippen molar-refractivity contribution in [1.82, 2.24) is 9.55 Å². The lowest BCUT2D eigenvalue weighted by atomic mass is 10.3. The van der Waals surface area contributed by atoms with E-state index in [2.05, 4.69) is 11.9 Å². The molecule has 0 radical (unpaired) electrons. The Bertz CT molecular complexity index is 397. The van der Waals surface area contributed by atoms with Gasteiger partial charge in [0.15, 0.2) is 5.16 Å². The van der Waals surface area contributed by atoms with Gasteiger partial charge in [0.25, 0.3) is 5.56 Å². The van der Waals surface area contributed by atoms with Gasteiger partial charge in [-0.05, 0) is 6.42 Å². The zero-order chi connectivity index (χ0) is 9.26. The predicted octanol–water partition coefficient (Wildman–Crippen LogP) is 1.60. The molecular formula is C9H10N2OS. The second-order valence-corrected chi connectivity index (χ2v) is 4.05. The van der Waals surface area contributed by atoms with Gasteiger partial charge in [-0.3, -0.25) is 9.36 Å². The third-order valence-corrected chi connectivity index (χ3v) is 3.26. The highest BCUT2D eigenvalue weighted by Gasteiger charge is 2.13. The van der Waals surface area contributed by atoms with E-state index in [1.165, 1.54) is 6.07 Å². The van der Waals surface area contributed by atoms with E-state index < -0.39 is 0 Å². The van der Waals surface area contributed by atoms with Gasteiger partial charge in [0.2, 0.25) is 0 Å². The summed E-state index contributed by atoms with van der Waals surface area (Å²) < 4.78 is 1.58. The average Bonchev–Trinajstić information content (AvgIpc) is 2.18. The van der Waals surface area contributed by atoms with Crippen LogP contribution in [0.25, 0.3) is 6.20 Å². The predicted molar refractivity (Wildman–Crippen MR) is 53.8 cm³/mol. The summed E-state index contributed by atoms with van der Waals surface area (Å²) in [5.74, 6) is 0. The van der Waals surface area contributed by atoms with Crippen LogP contribution >= 0.6 is 11.8 Å². The van der Waals surface area contributed by atoms with Gasteiger partial charge >= 0.3 is 0 Å². The summed E-state index contributed by atoms with van der Waals surface area (Å²) in [6.45, 7) is 2.12. The third-order valence-electron chi connectivity index (χ3n) is 1.95. The second-order valence-electron chi connectivity index (χ2n) is 2.84. The van der Waals surface area contributed by atoms with Crippen molar-refractivity contribution in [2.24, 2.45) is 0 Å². The van der Waals surface area contributed by atoms with Crippen LogP contribution in [0.4, 0.5) is 0 Å². The van der Waals surface area contributed by atoms with Crippen LogP contribution in [0.5, 0.6) is 0 Å². The van der Waals surface area contributed by atoms with E-state index in [0.29, 0.717) is 5.25 Å². The molecule has 1 aliphatic rings. The van der Waals surface area contributed by atoms with Gasteiger partial charge < -0.3 is 0 Å². The van der Waals surface area contributed by atoms with Crippen molar-refractivity contribution in [2.75, 3.05) is 0 Å². The van der Waals surface area contributed by atoms with Crippen LogP contribution in [-0.4, -0.2) is 14.8 Å². The van der Waals surface area contributed by atoms with E-state index in [0.717, 1.165) is 11.6 Å². The first-order valence-corrected chi connectivity index (χ1v) is 5.11. The lowest BCUT2D eigenvalue weighted by Crippen LogP contribution is -2.20. The van der Waals surface area contributed by atoms with Crippen LogP contribution in [0.2, 0.25) is 0 Å². The molecule has 3 nitrogen and oxygen atoms in total. The van der Waals surface area contributed by atoms with E-state index in [4.69, 9.17) is 0 Å². The zero-order valence-corrected chi connectivity index (χ0v) is 8.12. The van der Waals surface area contributed by atoms with Gasteiger partial charge in [0.05, 0.1) is 0 Å². The van der Waals surface area contributed by atoms with Crippen LogP contribution in [0.3, 0.4) is 0 Å². The van der Waals surface area contributed by atoms with E-state index >= 15 is 0 Å². The van der Waals surface area contributed by atoms with Gasteiger partial charge in [-0.2, -0.15) is 0 Å². The van der Waals surface area contributed by atoms with Crippen LogP contribution in [0.15, 0.2) is 28.3 Å². The normalized spacial score (nSPS) is 19.9. The number of fused-ring (bicyclic) bond motifs is 1. The monoisotopic (exact) mass is 194 g/mol. The fraction of sp³-hybridized carbons (Fsp3) is 0.333. The van der Waals surface area contributed by atoms with Crippen molar-refractivity contribution in [3.8, 4) is 0 Å². The largest absolute Gasteiger partial charge is 0.269 e. The first kappa shape index (κ1) is 8.56. The zero-order valence-electron chi connectivity index (χ0n) is 7.30. The number of rotatable bonds is 1. The number of nitrogens with zero attached hydrogens (tertiary/aromatic N) is 2. The Hall–Kier alpha value is -1.03. The molecule has 1 aromatic heterocycles. The SMILES string of the molecule is CCC1C=Cn2c(nccc2=O)S1. The van der Waals surface area contributed by atoms with Gasteiger partial charge in [-0.15, -0.1) is 0 Å². The Morgan fingerprint density at radius 3 is 3.31 bits per heavy atom. The molecule has 0 fully saturated rings. The average molecular weight is 194 g/mol. The summed E-state index contributed by atoms with van der Waals surface area (Å²) in [5, 5.41) is 1.25. The maximum absolute atomic E-state index is 11.3. The number of hydrogen-bond donors (Lipinski definition) is 0. The first-order valence-electron chi connectivity index (χ1n) is 4.24. The highest BCUT2D eigenvalue weighted by Crippen LogP contribution is 2.27. The highest BCUT2D eigenvalue weighted by molar-refractivity contribution is 8.00. The van der Waals surface area contributed by atoms with Gasteiger partial charge in [0, 0.05) is 23.7 Å². The molecule has 0 saturated carbocycles. The summed E-state index contributed by atoms with van der Waals surface area (Å²) in [4.78, 5) is 15.5. The van der Waals surface area contributed by atoms with Crippen molar-refractivity contribution < 1.29 is 0 Å². The van der Waals surface area contributed by atoms with Crippen LogP contribution in [0, 0.1) is 0 Å². The molecule has 0 saturated heterocycles. The smallest absolute Gasteiger partial charge is 0.258 e. The van der Waals surface area contributed by atoms with E-state index in [1.807, 2.05) is 12.3 Å². The van der Waals surface area contributed by atoms with Crippen molar-refractivity contribution in [3.63, 3.8) is 0 Å². The Labute approximate surface area is 80.5 Å². The van der Waals surface area contributed by atoms with E-state index in [9.17, 15) is 4.79 Å². The standard InChI is InChI=1S/C9H10N2OS/c1-2-7-4-6-11-8(12)3-5-10-9(11)13-7/h3-7H,2H2,1H3. The van der Waals surface area contributed by atoms with Gasteiger partial charge in [0.1, 0.15) is 0 Å². The molecule has 13 heavy (non-hydrogen) atoms. The minimum atomic E-state index is -0.0108. The number of thioether (sulfide) groups is 1. The molecule has 2 rings (SSSR count). The molecule has 1 aliphatic heterocycles. The molecule has 0 N–H and O–H groups in total. The molecule has 2 heterocycles. The van der Waals surface area contributed by atoms with Crippen molar-refractivity contribution in [3.05, 3.63) is 28.7 Å². The summed E-state index contributed by atoms with van der Waals surface area (Å²) in [7, 11) is 0. The molecule has 0 aliphatic carbocycles. The Balaban J connectivity index is 2.46. The quantitative estimate of drug-likeness (QED) is 0.637. The molecular weight excluding hydrogens is 184 g/mol. The molecule has 68 valence electrons. The molecule has 0 bridgehead atoms. The summed E-state index contributed by atoms with van der Waals surface area (Å²) in [5.41, 5.74) is -0.0108. The van der Waals surface area contributed by atoms with Crippen LogP contribution < -0.4 is 5.56 Å². The lowest BCUT2D eigenvalue weighted by Gasteiger charge is -2.16. The van der Waals surface area contributed by atoms with Crippen molar-refractivity contribution in [1.29, 1.82) is 0 Å². The fourth-order valence-corrected chi connectivity index (χ4v) is 2.17. The molecule has 4 heteroatoms. The number of hydrogen-bond acceptors (Lipinski definition) is 3. The van der Waals surface area contributed by atoms with Crippen LogP contribution in [-0.2, 0) is 0 Å². The van der Waals surface area contributed by atoms with Crippen LogP contribution in [0.1, 0.15) is 13.3 Å². The lowest BCUT2D eigenvalue weighted by molar-refractivity contribution is 0.808. The minimum absolute atomic E-state index is 0.0108. The minimum Gasteiger partial charge on any atom is -0.269 e. The van der Waals surface area contributed by atoms with Crippen molar-refractivity contribution in [2.45, 2.75) is 23.8 Å².